The number of unbranched alkanes of at least 4 members (excludes halogenated alkanes) is 1. The molecule has 9 nitrogen and oxygen atoms in total. The number of rotatable bonds is 8. The maximum atomic E-state index is 11.4. The predicted molar refractivity (Wildman–Crippen MR) is 128 cm³/mol. The molecule has 0 fully saturated rings. The van der Waals surface area contributed by atoms with Gasteiger partial charge in [0, 0.05) is 16.0 Å². The van der Waals surface area contributed by atoms with Crippen LogP contribution in [-0.4, -0.2) is 36.0 Å². The molecule has 4 aromatic rings. The molecule has 0 radical (unpaired) electrons. The number of nitrogens with two attached hydrogens (primary N) is 1. The Kier molecular flexibility index (Phi) is 6.24. The fourth-order valence-electron chi connectivity index (χ4n) is 3.89. The van der Waals surface area contributed by atoms with Crippen LogP contribution in [0.5, 0.6) is 0 Å². The summed E-state index contributed by atoms with van der Waals surface area (Å²) in [6.07, 6.45) is 6.52. The molecule has 0 bridgehead atoms. The second-order valence-electron chi connectivity index (χ2n) is 8.25. The Hall–Kier alpha value is -3.59. The number of halogens is 1. The van der Waals surface area contributed by atoms with Crippen LogP contribution < -0.4 is 11.1 Å². The predicted octanol–water partition coefficient (Wildman–Crippen LogP) is 4.05. The lowest BCUT2D eigenvalue weighted by atomic mass is 9.78. The van der Waals surface area contributed by atoms with Gasteiger partial charge in [0.15, 0.2) is 11.5 Å². The molecule has 1 amide bonds. The summed E-state index contributed by atoms with van der Waals surface area (Å²) in [6, 6.07) is 7.46. The first-order chi connectivity index (χ1) is 15.8. The van der Waals surface area contributed by atoms with Gasteiger partial charge in [-0.05, 0) is 30.5 Å². The molecule has 0 saturated carbocycles. The van der Waals surface area contributed by atoms with E-state index in [4.69, 9.17) is 22.3 Å². The molecule has 3 heterocycles. The molecule has 170 valence electrons. The molecule has 0 aliphatic carbocycles. The number of nitrogen functional groups attached to an aromatic ring is 1. The number of fused-ring (bicyclic) bond motifs is 1. The molecule has 0 spiro atoms. The molecular formula is C23H25ClN8O. The number of aryl methyl sites for hydroxylation is 1. The highest BCUT2D eigenvalue weighted by molar-refractivity contribution is 6.30. The molecule has 3 N–H and O–H groups in total. The van der Waals surface area contributed by atoms with Crippen molar-refractivity contribution in [1.82, 2.24) is 29.5 Å². The van der Waals surface area contributed by atoms with Crippen molar-refractivity contribution in [2.24, 2.45) is 0 Å². The van der Waals surface area contributed by atoms with E-state index in [1.165, 1.54) is 6.33 Å². The summed E-state index contributed by atoms with van der Waals surface area (Å²) >= 11 is 6.06. The highest BCUT2D eigenvalue weighted by Crippen LogP contribution is 2.39. The third-order valence-electron chi connectivity index (χ3n) is 5.65. The van der Waals surface area contributed by atoms with Crippen LogP contribution in [0.4, 0.5) is 11.6 Å². The van der Waals surface area contributed by atoms with E-state index in [0.29, 0.717) is 40.0 Å². The zero-order chi connectivity index (χ0) is 23.6. The van der Waals surface area contributed by atoms with Crippen LogP contribution in [-0.2, 0) is 16.6 Å². The molecule has 10 heteroatoms. The molecule has 0 aliphatic rings. The van der Waals surface area contributed by atoms with Crippen molar-refractivity contribution in [2.45, 2.75) is 45.4 Å². The molecule has 3 aromatic heterocycles. The van der Waals surface area contributed by atoms with E-state index in [1.54, 1.807) is 10.7 Å². The Bertz CT molecular complexity index is 1300. The second kappa shape index (κ2) is 9.11. The van der Waals surface area contributed by atoms with Crippen molar-refractivity contribution in [3.63, 3.8) is 0 Å². The number of anilines is 2. The Morgan fingerprint density at radius 1 is 1.18 bits per heavy atom. The Morgan fingerprint density at radius 3 is 2.64 bits per heavy atom. The molecule has 0 saturated heterocycles. The van der Waals surface area contributed by atoms with Crippen molar-refractivity contribution in [3.05, 3.63) is 58.6 Å². The number of amides is 1. The number of carbonyl (C=O) groups is 1. The molecule has 0 aliphatic heterocycles. The minimum atomic E-state index is -0.603. The lowest BCUT2D eigenvalue weighted by Gasteiger charge is -2.28. The fourth-order valence-corrected chi connectivity index (χ4v) is 4.02. The van der Waals surface area contributed by atoms with Crippen LogP contribution >= 0.6 is 11.6 Å². The van der Waals surface area contributed by atoms with Gasteiger partial charge in [0.25, 0.3) is 0 Å². The number of nitrogens with zero attached hydrogens (tertiary/aromatic N) is 6. The average molecular weight is 465 g/mol. The normalized spacial score (nSPS) is 11.6. The van der Waals surface area contributed by atoms with Crippen LogP contribution in [0, 0.1) is 0 Å². The first-order valence-corrected chi connectivity index (χ1v) is 11.1. The number of hydrogen-bond acceptors (Lipinski definition) is 7. The number of hydrogen-bond donors (Lipinski definition) is 2. The van der Waals surface area contributed by atoms with Crippen molar-refractivity contribution in [2.75, 3.05) is 11.1 Å². The summed E-state index contributed by atoms with van der Waals surface area (Å²) in [4.78, 5) is 29.7. The van der Waals surface area contributed by atoms with Crippen molar-refractivity contribution >= 4 is 35.3 Å². The summed E-state index contributed by atoms with van der Waals surface area (Å²) in [6.45, 7) is 6.10. The first kappa shape index (κ1) is 22.6. The van der Waals surface area contributed by atoms with Gasteiger partial charge in [-0.1, -0.05) is 50.9 Å². The summed E-state index contributed by atoms with van der Waals surface area (Å²) in [5, 5.41) is 7.58. The van der Waals surface area contributed by atoms with Gasteiger partial charge in [0.1, 0.15) is 23.7 Å². The van der Waals surface area contributed by atoms with Crippen LogP contribution in [0.15, 0.2) is 36.8 Å². The molecular weight excluding hydrogens is 440 g/mol. The van der Waals surface area contributed by atoms with Crippen LogP contribution in [0.25, 0.3) is 17.2 Å². The minimum absolute atomic E-state index is 0.250. The van der Waals surface area contributed by atoms with Crippen molar-refractivity contribution in [1.29, 1.82) is 0 Å². The smallest absolute Gasteiger partial charge is 0.212 e. The van der Waals surface area contributed by atoms with Crippen LogP contribution in [0.1, 0.15) is 50.4 Å². The Balaban J connectivity index is 1.85. The summed E-state index contributed by atoms with van der Waals surface area (Å²) in [7, 11) is 0. The summed E-state index contributed by atoms with van der Waals surface area (Å²) < 4.78 is 1.66. The molecule has 4 rings (SSSR count). The van der Waals surface area contributed by atoms with E-state index in [0.717, 1.165) is 30.5 Å². The second-order valence-corrected chi connectivity index (χ2v) is 8.69. The van der Waals surface area contributed by atoms with E-state index in [2.05, 4.69) is 32.3 Å². The van der Waals surface area contributed by atoms with E-state index < -0.39 is 5.41 Å². The highest BCUT2D eigenvalue weighted by Gasteiger charge is 2.31. The number of benzene rings is 1. The maximum Gasteiger partial charge on any atom is 0.212 e. The third-order valence-corrected chi connectivity index (χ3v) is 5.90. The first-order valence-electron chi connectivity index (χ1n) is 10.7. The van der Waals surface area contributed by atoms with Gasteiger partial charge in [-0.15, -0.1) is 0 Å². The number of nitrogens with one attached hydrogen (secondary N) is 1. The van der Waals surface area contributed by atoms with Crippen molar-refractivity contribution in [3.8, 4) is 11.5 Å². The van der Waals surface area contributed by atoms with Crippen molar-refractivity contribution < 1.29 is 4.79 Å². The lowest BCUT2D eigenvalue weighted by molar-refractivity contribution is -0.105. The summed E-state index contributed by atoms with van der Waals surface area (Å²) in [5.74, 6) is 0.866. The fraction of sp³-hybridized carbons (Fsp3) is 0.304. The minimum Gasteiger partial charge on any atom is -0.383 e. The number of aromatic nitrogens is 6. The van der Waals surface area contributed by atoms with E-state index in [-0.39, 0.29) is 5.82 Å². The Labute approximate surface area is 196 Å². The van der Waals surface area contributed by atoms with E-state index >= 15 is 0 Å². The van der Waals surface area contributed by atoms with Gasteiger partial charge in [-0.3, -0.25) is 4.79 Å². The molecule has 33 heavy (non-hydrogen) atoms. The topological polar surface area (TPSA) is 124 Å². The van der Waals surface area contributed by atoms with Gasteiger partial charge in [-0.2, -0.15) is 5.10 Å². The highest BCUT2D eigenvalue weighted by atomic mass is 35.5. The zero-order valence-electron chi connectivity index (χ0n) is 18.7. The number of carbonyl (C=O) groups excluding carboxylic acids is 1. The van der Waals surface area contributed by atoms with E-state index in [1.807, 2.05) is 38.1 Å². The molecule has 1 aromatic carbocycles. The SMILES string of the molecule is CCCCc1nc(-c2nc(N)c(C(C)(C)c3ccc(Cl)cc3)c(NC=O)n2)cn2ncnc12. The molecule has 0 atom stereocenters. The van der Waals surface area contributed by atoms with Crippen LogP contribution in [0.2, 0.25) is 5.02 Å². The lowest BCUT2D eigenvalue weighted by Crippen LogP contribution is -2.24. The maximum absolute atomic E-state index is 11.4. The Morgan fingerprint density at radius 2 is 1.94 bits per heavy atom. The summed E-state index contributed by atoms with van der Waals surface area (Å²) in [5.41, 5.74) is 9.42. The molecule has 0 unspecified atom stereocenters. The standard InChI is InChI=1S/C23H25ClN8O/c1-4-5-6-16-22-26-12-28-32(22)11-17(29-16)20-30-19(25)18(21(31-20)27-13-33)23(2,3)14-7-9-15(24)10-8-14/h7-13H,4-6H2,1-3H3,(H3,25,27,30,31,33). The van der Waals surface area contributed by atoms with Gasteiger partial charge >= 0.3 is 0 Å². The van der Waals surface area contributed by atoms with E-state index in [9.17, 15) is 4.79 Å². The monoisotopic (exact) mass is 464 g/mol. The quantitative estimate of drug-likeness (QED) is 0.377. The van der Waals surface area contributed by atoms with Gasteiger partial charge in [-0.25, -0.2) is 24.5 Å². The van der Waals surface area contributed by atoms with Gasteiger partial charge < -0.3 is 11.1 Å². The largest absolute Gasteiger partial charge is 0.383 e. The van der Waals surface area contributed by atoms with Crippen LogP contribution in [0.3, 0.4) is 0 Å². The average Bonchev–Trinajstić information content (AvgIpc) is 3.26. The van der Waals surface area contributed by atoms with Gasteiger partial charge in [0.05, 0.1) is 11.9 Å². The zero-order valence-corrected chi connectivity index (χ0v) is 19.5. The van der Waals surface area contributed by atoms with Gasteiger partial charge in [0.2, 0.25) is 6.41 Å². The third kappa shape index (κ3) is 4.36.